The minimum absolute atomic E-state index is 0.172. The van der Waals surface area contributed by atoms with E-state index in [2.05, 4.69) is 55.2 Å². The number of nitrogens with one attached hydrogen (secondary N) is 2. The molecule has 8 nitrogen and oxygen atoms in total. The lowest BCUT2D eigenvalue weighted by Gasteiger charge is -2.34. The maximum absolute atomic E-state index is 11.4. The number of para-hydroxylation sites is 2. The average molecular weight is 400 g/mol. The van der Waals surface area contributed by atoms with E-state index in [1.54, 1.807) is 14.0 Å². The van der Waals surface area contributed by atoms with Crippen molar-refractivity contribution in [3.63, 3.8) is 0 Å². The van der Waals surface area contributed by atoms with Crippen molar-refractivity contribution < 1.29 is 4.79 Å². The minimum atomic E-state index is 0.172. The number of carbonyl (C=O) groups is 1. The summed E-state index contributed by atoms with van der Waals surface area (Å²) in [4.78, 5) is 24.6. The van der Waals surface area contributed by atoms with Crippen LogP contribution in [0.2, 0.25) is 0 Å². The number of aliphatic imine (C=N–C) groups is 1. The molecule has 1 fully saturated rings. The van der Waals surface area contributed by atoms with E-state index in [1.165, 1.54) is 5.52 Å². The first-order valence-electron chi connectivity index (χ1n) is 10.4. The van der Waals surface area contributed by atoms with Crippen molar-refractivity contribution in [1.29, 1.82) is 0 Å². The van der Waals surface area contributed by atoms with Crippen molar-refractivity contribution >= 4 is 22.9 Å². The van der Waals surface area contributed by atoms with Crippen LogP contribution in [-0.4, -0.2) is 84.1 Å². The maximum Gasteiger partial charge on any atom is 0.219 e. The van der Waals surface area contributed by atoms with Gasteiger partial charge in [-0.1, -0.05) is 12.1 Å². The number of fused-ring (bicyclic) bond motifs is 1. The Morgan fingerprint density at radius 1 is 1.10 bits per heavy atom. The Bertz CT molecular complexity index is 837. The SMILES string of the molecule is CN=C(NCCCn1c(C)nc2ccccc21)NCCN1CCN(C(C)=O)CC1. The van der Waals surface area contributed by atoms with Crippen LogP contribution < -0.4 is 10.6 Å². The van der Waals surface area contributed by atoms with Crippen molar-refractivity contribution in [3.05, 3.63) is 30.1 Å². The zero-order chi connectivity index (χ0) is 20.6. The second kappa shape index (κ2) is 10.2. The molecule has 1 aliphatic heterocycles. The Morgan fingerprint density at radius 3 is 2.55 bits per heavy atom. The predicted molar refractivity (Wildman–Crippen MR) is 117 cm³/mol. The van der Waals surface area contributed by atoms with Gasteiger partial charge in [-0.05, 0) is 25.5 Å². The van der Waals surface area contributed by atoms with Gasteiger partial charge in [0.15, 0.2) is 5.96 Å². The van der Waals surface area contributed by atoms with Crippen LogP contribution >= 0.6 is 0 Å². The Morgan fingerprint density at radius 2 is 1.83 bits per heavy atom. The molecule has 0 aliphatic carbocycles. The molecule has 0 spiro atoms. The van der Waals surface area contributed by atoms with Crippen LogP contribution in [0.15, 0.2) is 29.3 Å². The number of nitrogens with zero attached hydrogens (tertiary/aromatic N) is 5. The number of amides is 1. The number of aryl methyl sites for hydroxylation is 2. The number of imidazole rings is 1. The molecule has 2 N–H and O–H groups in total. The van der Waals surface area contributed by atoms with E-state index in [0.29, 0.717) is 0 Å². The summed E-state index contributed by atoms with van der Waals surface area (Å²) < 4.78 is 2.27. The summed E-state index contributed by atoms with van der Waals surface area (Å²) >= 11 is 0. The first kappa shape index (κ1) is 21.1. The molecule has 158 valence electrons. The fourth-order valence-electron chi connectivity index (χ4n) is 3.76. The third kappa shape index (κ3) is 5.69. The quantitative estimate of drug-likeness (QED) is 0.414. The van der Waals surface area contributed by atoms with Crippen LogP contribution in [0.5, 0.6) is 0 Å². The molecule has 1 aliphatic rings. The number of benzene rings is 1. The van der Waals surface area contributed by atoms with Gasteiger partial charge in [0, 0.05) is 66.3 Å². The number of rotatable bonds is 7. The van der Waals surface area contributed by atoms with Crippen LogP contribution in [0.25, 0.3) is 11.0 Å². The van der Waals surface area contributed by atoms with Crippen molar-refractivity contribution in [2.75, 3.05) is 52.9 Å². The second-order valence-electron chi connectivity index (χ2n) is 7.43. The Balaban J connectivity index is 1.34. The topological polar surface area (TPSA) is 77.8 Å². The van der Waals surface area contributed by atoms with Crippen molar-refractivity contribution in [1.82, 2.24) is 30.0 Å². The predicted octanol–water partition coefficient (Wildman–Crippen LogP) is 1.06. The Labute approximate surface area is 173 Å². The van der Waals surface area contributed by atoms with Gasteiger partial charge in [-0.15, -0.1) is 0 Å². The Kier molecular flexibility index (Phi) is 7.46. The lowest BCUT2D eigenvalue weighted by molar-refractivity contribution is -0.130. The standard InChI is InChI=1S/C21H33N7O/c1-17-25-19-7-4-5-8-20(19)28(17)11-6-9-23-21(22-3)24-10-12-26-13-15-27(16-14-26)18(2)29/h4-5,7-8H,6,9-16H2,1-3H3,(H2,22,23,24). The molecular weight excluding hydrogens is 366 g/mol. The molecule has 0 unspecified atom stereocenters. The zero-order valence-electron chi connectivity index (χ0n) is 17.8. The largest absolute Gasteiger partial charge is 0.356 e. The molecule has 2 heterocycles. The molecular formula is C21H33N7O. The molecule has 2 aromatic rings. The lowest BCUT2D eigenvalue weighted by atomic mass is 10.3. The van der Waals surface area contributed by atoms with Gasteiger partial charge in [-0.25, -0.2) is 4.98 Å². The maximum atomic E-state index is 11.4. The van der Waals surface area contributed by atoms with Crippen LogP contribution in [0.4, 0.5) is 0 Å². The van der Waals surface area contributed by atoms with Crippen LogP contribution in [-0.2, 0) is 11.3 Å². The number of guanidine groups is 1. The van der Waals surface area contributed by atoms with Crippen molar-refractivity contribution in [2.24, 2.45) is 4.99 Å². The van der Waals surface area contributed by atoms with E-state index in [1.807, 2.05) is 11.0 Å². The molecule has 8 heteroatoms. The fraction of sp³-hybridized carbons (Fsp3) is 0.571. The molecule has 0 radical (unpaired) electrons. The molecule has 0 atom stereocenters. The summed E-state index contributed by atoms with van der Waals surface area (Å²) in [5, 5.41) is 6.78. The van der Waals surface area contributed by atoms with E-state index in [0.717, 1.165) is 76.1 Å². The number of carbonyl (C=O) groups excluding carboxylic acids is 1. The molecule has 1 amide bonds. The zero-order valence-corrected chi connectivity index (χ0v) is 17.8. The van der Waals surface area contributed by atoms with Gasteiger partial charge in [0.25, 0.3) is 0 Å². The smallest absolute Gasteiger partial charge is 0.219 e. The lowest BCUT2D eigenvalue weighted by Crippen LogP contribution is -2.50. The van der Waals surface area contributed by atoms with Crippen molar-refractivity contribution in [3.8, 4) is 0 Å². The van der Waals surface area contributed by atoms with E-state index in [-0.39, 0.29) is 5.91 Å². The monoisotopic (exact) mass is 399 g/mol. The van der Waals surface area contributed by atoms with E-state index in [9.17, 15) is 4.79 Å². The highest BCUT2D eigenvalue weighted by Crippen LogP contribution is 2.15. The number of piperazine rings is 1. The average Bonchev–Trinajstić information content (AvgIpc) is 3.05. The van der Waals surface area contributed by atoms with Crippen LogP contribution in [0.1, 0.15) is 19.2 Å². The number of hydrogen-bond acceptors (Lipinski definition) is 4. The first-order valence-corrected chi connectivity index (χ1v) is 10.4. The van der Waals surface area contributed by atoms with Gasteiger partial charge in [-0.3, -0.25) is 14.7 Å². The highest BCUT2D eigenvalue weighted by molar-refractivity contribution is 5.79. The highest BCUT2D eigenvalue weighted by atomic mass is 16.2. The van der Waals surface area contributed by atoms with Gasteiger partial charge in [-0.2, -0.15) is 0 Å². The summed E-state index contributed by atoms with van der Waals surface area (Å²) in [6, 6.07) is 8.27. The first-order chi connectivity index (χ1) is 14.1. The number of hydrogen-bond donors (Lipinski definition) is 2. The van der Waals surface area contributed by atoms with E-state index >= 15 is 0 Å². The molecule has 1 aromatic heterocycles. The molecule has 0 bridgehead atoms. The summed E-state index contributed by atoms with van der Waals surface area (Å²) in [6.45, 7) is 10.8. The van der Waals surface area contributed by atoms with Crippen LogP contribution in [0.3, 0.4) is 0 Å². The second-order valence-corrected chi connectivity index (χ2v) is 7.43. The van der Waals surface area contributed by atoms with Gasteiger partial charge in [0.05, 0.1) is 11.0 Å². The summed E-state index contributed by atoms with van der Waals surface area (Å²) in [6.07, 6.45) is 0.995. The third-order valence-electron chi connectivity index (χ3n) is 5.46. The molecule has 3 rings (SSSR count). The fourth-order valence-corrected chi connectivity index (χ4v) is 3.76. The Hall–Kier alpha value is -2.61. The van der Waals surface area contributed by atoms with Gasteiger partial charge >= 0.3 is 0 Å². The van der Waals surface area contributed by atoms with E-state index < -0.39 is 0 Å². The third-order valence-corrected chi connectivity index (χ3v) is 5.46. The van der Waals surface area contributed by atoms with Gasteiger partial charge in [0.1, 0.15) is 5.82 Å². The van der Waals surface area contributed by atoms with Gasteiger partial charge < -0.3 is 20.1 Å². The highest BCUT2D eigenvalue weighted by Gasteiger charge is 2.17. The summed E-state index contributed by atoms with van der Waals surface area (Å²) in [5.74, 6) is 2.06. The van der Waals surface area contributed by atoms with Gasteiger partial charge in [0.2, 0.25) is 5.91 Å². The number of aromatic nitrogens is 2. The molecule has 29 heavy (non-hydrogen) atoms. The normalized spacial score (nSPS) is 15.7. The summed E-state index contributed by atoms with van der Waals surface area (Å²) in [5.41, 5.74) is 2.25. The van der Waals surface area contributed by atoms with E-state index in [4.69, 9.17) is 0 Å². The van der Waals surface area contributed by atoms with Crippen LogP contribution in [0, 0.1) is 6.92 Å². The minimum Gasteiger partial charge on any atom is -0.356 e. The molecule has 1 aromatic carbocycles. The molecule has 0 saturated carbocycles. The summed E-state index contributed by atoms with van der Waals surface area (Å²) in [7, 11) is 1.80. The molecule has 1 saturated heterocycles. The van der Waals surface area contributed by atoms with Crippen molar-refractivity contribution in [2.45, 2.75) is 26.8 Å².